The highest BCUT2D eigenvalue weighted by Crippen LogP contribution is 2.13. The number of carbonyl (C=O) groups excluding carboxylic acids is 2. The Balaban J connectivity index is 1.54. The largest absolute Gasteiger partial charge is 0.459 e. The molecule has 3 rings (SSSR count). The molecule has 0 bridgehead atoms. The van der Waals surface area contributed by atoms with Crippen molar-refractivity contribution in [3.8, 4) is 0 Å². The molecule has 0 saturated heterocycles. The van der Waals surface area contributed by atoms with Gasteiger partial charge in [-0.1, -0.05) is 18.2 Å². The average Bonchev–Trinajstić information content (AvgIpc) is 3.27. The fourth-order valence-electron chi connectivity index (χ4n) is 2.76. The van der Waals surface area contributed by atoms with E-state index >= 15 is 0 Å². The first-order valence-corrected chi connectivity index (χ1v) is 9.40. The van der Waals surface area contributed by atoms with Crippen LogP contribution in [-0.4, -0.2) is 27.9 Å². The van der Waals surface area contributed by atoms with Crippen molar-refractivity contribution in [1.82, 2.24) is 15.2 Å². The lowest BCUT2D eigenvalue weighted by atomic mass is 10.2. The van der Waals surface area contributed by atoms with Crippen LogP contribution in [0.5, 0.6) is 0 Å². The maximum Gasteiger partial charge on any atom is 0.318 e. The summed E-state index contributed by atoms with van der Waals surface area (Å²) in [6.07, 6.45) is 4.93. The summed E-state index contributed by atoms with van der Waals surface area (Å²) in [4.78, 5) is 30.5. The monoisotopic (exact) mass is 392 g/mol. The zero-order chi connectivity index (χ0) is 20.6. The number of hydrogen-bond acceptors (Lipinski definition) is 4. The van der Waals surface area contributed by atoms with Gasteiger partial charge in [-0.3, -0.25) is 9.78 Å². The number of aromatic nitrogens is 1. The molecular weight excluding hydrogens is 368 g/mol. The zero-order valence-electron chi connectivity index (χ0n) is 16.5. The van der Waals surface area contributed by atoms with E-state index in [0.29, 0.717) is 18.8 Å². The van der Waals surface area contributed by atoms with E-state index < -0.39 is 0 Å². The van der Waals surface area contributed by atoms with Crippen LogP contribution < -0.4 is 10.6 Å². The number of rotatable bonds is 7. The summed E-state index contributed by atoms with van der Waals surface area (Å²) in [5.41, 5.74) is 2.56. The Morgan fingerprint density at radius 2 is 1.86 bits per heavy atom. The van der Waals surface area contributed by atoms with Crippen LogP contribution in [0.1, 0.15) is 35.5 Å². The Bertz CT molecular complexity index is 922. The number of nitrogens with one attached hydrogen (secondary N) is 2. The molecule has 2 N–H and O–H groups in total. The SMILES string of the molecule is CC(C)N(Cc1cccnc1)C(=O)NCc1ccc(NC(=O)c2ccco2)cc1. The molecule has 7 nitrogen and oxygen atoms in total. The molecule has 0 spiro atoms. The predicted molar refractivity (Wildman–Crippen MR) is 110 cm³/mol. The van der Waals surface area contributed by atoms with Crippen LogP contribution in [0.4, 0.5) is 10.5 Å². The van der Waals surface area contributed by atoms with Gasteiger partial charge in [-0.15, -0.1) is 0 Å². The molecule has 0 radical (unpaired) electrons. The standard InChI is InChI=1S/C22H24N4O3/c1-16(2)26(15-18-5-3-11-23-13-18)22(28)24-14-17-7-9-19(10-8-17)25-21(27)20-6-4-12-29-20/h3-13,16H,14-15H2,1-2H3,(H,24,28)(H,25,27). The predicted octanol–water partition coefficient (Wildman–Crippen LogP) is 4.05. The second kappa shape index (κ2) is 9.54. The van der Waals surface area contributed by atoms with Crippen molar-refractivity contribution in [2.24, 2.45) is 0 Å². The Labute approximate surface area is 169 Å². The van der Waals surface area contributed by atoms with Gasteiger partial charge in [0.25, 0.3) is 5.91 Å². The normalized spacial score (nSPS) is 10.6. The third kappa shape index (κ3) is 5.68. The summed E-state index contributed by atoms with van der Waals surface area (Å²) in [5.74, 6) is -0.0530. The number of nitrogens with zero attached hydrogens (tertiary/aromatic N) is 2. The van der Waals surface area contributed by atoms with Gasteiger partial charge >= 0.3 is 6.03 Å². The number of amides is 3. The minimum absolute atomic E-state index is 0.0504. The van der Waals surface area contributed by atoms with Gasteiger partial charge in [0, 0.05) is 37.2 Å². The Morgan fingerprint density at radius 3 is 2.48 bits per heavy atom. The zero-order valence-corrected chi connectivity index (χ0v) is 16.5. The molecule has 0 atom stereocenters. The summed E-state index contributed by atoms with van der Waals surface area (Å²) >= 11 is 0. The lowest BCUT2D eigenvalue weighted by molar-refractivity contribution is 0.0996. The number of benzene rings is 1. The minimum Gasteiger partial charge on any atom is -0.459 e. The highest BCUT2D eigenvalue weighted by molar-refractivity contribution is 6.02. The summed E-state index contributed by atoms with van der Waals surface area (Å²) in [6, 6.07) is 14.3. The van der Waals surface area contributed by atoms with Gasteiger partial charge in [0.05, 0.1) is 6.26 Å². The van der Waals surface area contributed by atoms with Crippen LogP contribution in [0, 0.1) is 0 Å². The van der Waals surface area contributed by atoms with Gasteiger partial charge < -0.3 is 20.0 Å². The van der Waals surface area contributed by atoms with E-state index in [1.165, 1.54) is 6.26 Å². The number of hydrogen-bond donors (Lipinski definition) is 2. The van der Waals surface area contributed by atoms with Crippen LogP contribution in [0.25, 0.3) is 0 Å². The van der Waals surface area contributed by atoms with E-state index in [1.54, 1.807) is 41.6 Å². The molecule has 29 heavy (non-hydrogen) atoms. The first-order chi connectivity index (χ1) is 14.0. The van der Waals surface area contributed by atoms with Crippen molar-refractivity contribution in [3.63, 3.8) is 0 Å². The van der Waals surface area contributed by atoms with Crippen LogP contribution in [0.15, 0.2) is 71.6 Å². The second-order valence-corrected chi connectivity index (χ2v) is 6.87. The van der Waals surface area contributed by atoms with Crippen molar-refractivity contribution < 1.29 is 14.0 Å². The molecule has 3 amide bonds. The highest BCUT2D eigenvalue weighted by Gasteiger charge is 2.17. The second-order valence-electron chi connectivity index (χ2n) is 6.87. The lowest BCUT2D eigenvalue weighted by Crippen LogP contribution is -2.43. The van der Waals surface area contributed by atoms with Crippen molar-refractivity contribution in [2.45, 2.75) is 33.0 Å². The van der Waals surface area contributed by atoms with Crippen molar-refractivity contribution in [1.29, 1.82) is 0 Å². The third-order valence-electron chi connectivity index (χ3n) is 4.36. The number of carbonyl (C=O) groups is 2. The van der Waals surface area contributed by atoms with Crippen LogP contribution >= 0.6 is 0 Å². The summed E-state index contributed by atoms with van der Waals surface area (Å²) < 4.78 is 5.07. The molecule has 1 aromatic carbocycles. The molecule has 0 aliphatic heterocycles. The van der Waals surface area contributed by atoms with Gasteiger partial charge in [0.2, 0.25) is 0 Å². The maximum absolute atomic E-state index is 12.6. The summed E-state index contributed by atoms with van der Waals surface area (Å²) in [5, 5.41) is 5.71. The molecular formula is C22H24N4O3. The molecule has 150 valence electrons. The molecule has 0 fully saturated rings. The molecule has 0 saturated carbocycles. The van der Waals surface area contributed by atoms with Gasteiger partial charge in [-0.2, -0.15) is 0 Å². The van der Waals surface area contributed by atoms with E-state index in [0.717, 1.165) is 11.1 Å². The molecule has 0 aliphatic carbocycles. The number of urea groups is 1. The maximum atomic E-state index is 12.6. The van der Waals surface area contributed by atoms with Gasteiger partial charge in [0.1, 0.15) is 0 Å². The van der Waals surface area contributed by atoms with Crippen LogP contribution in [0.2, 0.25) is 0 Å². The summed E-state index contributed by atoms with van der Waals surface area (Å²) in [7, 11) is 0. The fourth-order valence-corrected chi connectivity index (χ4v) is 2.76. The fraction of sp³-hybridized carbons (Fsp3) is 0.227. The number of anilines is 1. The van der Waals surface area contributed by atoms with Crippen molar-refractivity contribution in [2.75, 3.05) is 5.32 Å². The molecule has 7 heteroatoms. The van der Waals surface area contributed by atoms with Crippen molar-refractivity contribution in [3.05, 3.63) is 84.1 Å². The van der Waals surface area contributed by atoms with Crippen LogP contribution in [0.3, 0.4) is 0 Å². The molecule has 0 aliphatic rings. The quantitative estimate of drug-likeness (QED) is 0.635. The smallest absolute Gasteiger partial charge is 0.318 e. The first kappa shape index (κ1) is 20.1. The molecule has 2 heterocycles. The van der Waals surface area contributed by atoms with E-state index in [-0.39, 0.29) is 23.7 Å². The topological polar surface area (TPSA) is 87.5 Å². The average molecular weight is 392 g/mol. The Morgan fingerprint density at radius 1 is 1.07 bits per heavy atom. The van der Waals surface area contributed by atoms with Gasteiger partial charge in [0.15, 0.2) is 5.76 Å². The number of furan rings is 1. The van der Waals surface area contributed by atoms with E-state index in [2.05, 4.69) is 15.6 Å². The Hall–Kier alpha value is -3.61. The Kier molecular flexibility index (Phi) is 6.63. The molecule has 0 unspecified atom stereocenters. The summed E-state index contributed by atoms with van der Waals surface area (Å²) in [6.45, 7) is 4.84. The van der Waals surface area contributed by atoms with E-state index in [1.807, 2.05) is 38.1 Å². The third-order valence-corrected chi connectivity index (χ3v) is 4.36. The number of pyridine rings is 1. The first-order valence-electron chi connectivity index (χ1n) is 9.40. The molecule has 3 aromatic rings. The van der Waals surface area contributed by atoms with Gasteiger partial charge in [-0.05, 0) is 55.3 Å². The highest BCUT2D eigenvalue weighted by atomic mass is 16.3. The van der Waals surface area contributed by atoms with Crippen molar-refractivity contribution >= 4 is 17.6 Å². The van der Waals surface area contributed by atoms with E-state index in [9.17, 15) is 9.59 Å². The van der Waals surface area contributed by atoms with E-state index in [4.69, 9.17) is 4.42 Å². The minimum atomic E-state index is -0.306. The van der Waals surface area contributed by atoms with Crippen LogP contribution in [-0.2, 0) is 13.1 Å². The molecule has 2 aromatic heterocycles. The lowest BCUT2D eigenvalue weighted by Gasteiger charge is -2.27. The van der Waals surface area contributed by atoms with Gasteiger partial charge in [-0.25, -0.2) is 4.79 Å².